The molecule has 0 aliphatic carbocycles. The van der Waals surface area contributed by atoms with Gasteiger partial charge in [-0.05, 0) is 24.6 Å². The van der Waals surface area contributed by atoms with Crippen LogP contribution in [0.15, 0.2) is 24.3 Å². The zero-order chi connectivity index (χ0) is 12.8. The smallest absolute Gasteiger partial charge is 0.236 e. The number of carbonyl (C=O) groups excluding carboxylic acids is 1. The fourth-order valence-corrected chi connectivity index (χ4v) is 1.41. The van der Waals surface area contributed by atoms with E-state index in [0.29, 0.717) is 6.54 Å². The van der Waals surface area contributed by atoms with Crippen LogP contribution in [-0.2, 0) is 4.79 Å². The molecular formula is C13H20N2O2. The van der Waals surface area contributed by atoms with Crippen molar-refractivity contribution in [1.82, 2.24) is 10.2 Å². The Hall–Kier alpha value is -1.55. The first kappa shape index (κ1) is 13.5. The van der Waals surface area contributed by atoms with Gasteiger partial charge in [-0.2, -0.15) is 0 Å². The highest BCUT2D eigenvalue weighted by Crippen LogP contribution is 2.16. The Morgan fingerprint density at radius 3 is 2.41 bits per heavy atom. The molecule has 0 saturated heterocycles. The molecule has 4 nitrogen and oxygen atoms in total. The Bertz CT molecular complexity index is 360. The number of ether oxygens (including phenoxy) is 1. The van der Waals surface area contributed by atoms with Crippen molar-refractivity contribution in [3.05, 3.63) is 29.8 Å². The number of nitrogens with one attached hydrogen (secondary N) is 1. The molecule has 0 spiro atoms. The summed E-state index contributed by atoms with van der Waals surface area (Å²) in [7, 11) is 5.15. The maximum Gasteiger partial charge on any atom is 0.236 e. The number of hydrogen-bond donors (Lipinski definition) is 1. The quantitative estimate of drug-likeness (QED) is 0.841. The van der Waals surface area contributed by atoms with Gasteiger partial charge in [0.25, 0.3) is 0 Å². The molecule has 1 aromatic carbocycles. The SMILES string of the molecule is COc1ccc(C(C)NCC(=O)N(C)C)cc1. The molecule has 1 atom stereocenters. The van der Waals surface area contributed by atoms with Crippen molar-refractivity contribution in [2.24, 2.45) is 0 Å². The lowest BCUT2D eigenvalue weighted by atomic mass is 10.1. The lowest BCUT2D eigenvalue weighted by Gasteiger charge is -2.16. The fourth-order valence-electron chi connectivity index (χ4n) is 1.41. The Morgan fingerprint density at radius 2 is 1.94 bits per heavy atom. The molecule has 4 heteroatoms. The third kappa shape index (κ3) is 4.07. The molecule has 1 amide bonds. The van der Waals surface area contributed by atoms with Crippen LogP contribution in [0.3, 0.4) is 0 Å². The van der Waals surface area contributed by atoms with Crippen molar-refractivity contribution in [1.29, 1.82) is 0 Å². The largest absolute Gasteiger partial charge is 0.497 e. The van der Waals surface area contributed by atoms with Crippen LogP contribution in [0.1, 0.15) is 18.5 Å². The van der Waals surface area contributed by atoms with E-state index in [1.165, 1.54) is 0 Å². The van der Waals surface area contributed by atoms with Crippen LogP contribution in [0.25, 0.3) is 0 Å². The monoisotopic (exact) mass is 236 g/mol. The normalized spacial score (nSPS) is 12.0. The average Bonchev–Trinajstić information content (AvgIpc) is 2.35. The van der Waals surface area contributed by atoms with Crippen LogP contribution in [0.2, 0.25) is 0 Å². The number of hydrogen-bond acceptors (Lipinski definition) is 3. The lowest BCUT2D eigenvalue weighted by molar-refractivity contribution is -0.127. The zero-order valence-corrected chi connectivity index (χ0v) is 10.9. The van der Waals surface area contributed by atoms with Gasteiger partial charge >= 0.3 is 0 Å². The molecular weight excluding hydrogens is 216 g/mol. The van der Waals surface area contributed by atoms with E-state index in [2.05, 4.69) is 5.32 Å². The Labute approximate surface area is 103 Å². The van der Waals surface area contributed by atoms with E-state index < -0.39 is 0 Å². The van der Waals surface area contributed by atoms with Crippen molar-refractivity contribution >= 4 is 5.91 Å². The number of amides is 1. The molecule has 1 unspecified atom stereocenters. The first-order valence-electron chi connectivity index (χ1n) is 5.62. The first-order chi connectivity index (χ1) is 8.04. The molecule has 94 valence electrons. The zero-order valence-electron chi connectivity index (χ0n) is 10.9. The predicted octanol–water partition coefficient (Wildman–Crippen LogP) is 1.43. The third-order valence-corrected chi connectivity index (χ3v) is 2.67. The molecule has 1 aromatic rings. The second-order valence-corrected chi connectivity index (χ2v) is 4.16. The predicted molar refractivity (Wildman–Crippen MR) is 68.1 cm³/mol. The molecule has 0 aromatic heterocycles. The van der Waals surface area contributed by atoms with Crippen LogP contribution in [-0.4, -0.2) is 38.6 Å². The van der Waals surface area contributed by atoms with Crippen molar-refractivity contribution in [2.75, 3.05) is 27.7 Å². The van der Waals surface area contributed by atoms with Crippen LogP contribution in [0, 0.1) is 0 Å². The molecule has 1 rings (SSSR count). The standard InChI is InChI=1S/C13H20N2O2/c1-10(14-9-13(16)15(2)3)11-5-7-12(17-4)8-6-11/h5-8,10,14H,9H2,1-4H3. The lowest BCUT2D eigenvalue weighted by Crippen LogP contribution is -2.34. The molecule has 1 N–H and O–H groups in total. The van der Waals surface area contributed by atoms with Crippen molar-refractivity contribution in [3.8, 4) is 5.75 Å². The Morgan fingerprint density at radius 1 is 1.35 bits per heavy atom. The molecule has 0 radical (unpaired) electrons. The second kappa shape index (κ2) is 6.25. The summed E-state index contributed by atoms with van der Waals surface area (Å²) < 4.78 is 5.10. The molecule has 17 heavy (non-hydrogen) atoms. The minimum Gasteiger partial charge on any atom is -0.497 e. The Kier molecular flexibility index (Phi) is 4.97. The topological polar surface area (TPSA) is 41.6 Å². The Balaban J connectivity index is 2.51. The minimum atomic E-state index is 0.0744. The van der Waals surface area contributed by atoms with E-state index in [1.54, 1.807) is 26.1 Å². The number of likely N-dealkylation sites (N-methyl/N-ethyl adjacent to an activating group) is 1. The number of methoxy groups -OCH3 is 1. The summed E-state index contributed by atoms with van der Waals surface area (Å²) in [6.45, 7) is 2.38. The van der Waals surface area contributed by atoms with E-state index >= 15 is 0 Å². The number of benzene rings is 1. The fraction of sp³-hybridized carbons (Fsp3) is 0.462. The van der Waals surface area contributed by atoms with Gasteiger partial charge in [0.15, 0.2) is 0 Å². The second-order valence-electron chi connectivity index (χ2n) is 4.16. The van der Waals surface area contributed by atoms with Crippen LogP contribution in [0.5, 0.6) is 5.75 Å². The summed E-state index contributed by atoms with van der Waals surface area (Å²) in [5.74, 6) is 0.913. The van der Waals surface area contributed by atoms with Crippen LogP contribution < -0.4 is 10.1 Å². The van der Waals surface area contributed by atoms with Crippen molar-refractivity contribution in [3.63, 3.8) is 0 Å². The maximum atomic E-state index is 11.4. The third-order valence-electron chi connectivity index (χ3n) is 2.67. The maximum absolute atomic E-state index is 11.4. The number of carbonyl (C=O) groups is 1. The van der Waals surface area contributed by atoms with Gasteiger partial charge < -0.3 is 15.0 Å². The first-order valence-corrected chi connectivity index (χ1v) is 5.62. The van der Waals surface area contributed by atoms with E-state index in [9.17, 15) is 4.79 Å². The van der Waals surface area contributed by atoms with Crippen LogP contribution in [0.4, 0.5) is 0 Å². The minimum absolute atomic E-state index is 0.0744. The van der Waals surface area contributed by atoms with E-state index in [0.717, 1.165) is 11.3 Å². The highest BCUT2D eigenvalue weighted by atomic mass is 16.5. The van der Waals surface area contributed by atoms with E-state index in [-0.39, 0.29) is 11.9 Å². The summed E-state index contributed by atoms with van der Waals surface area (Å²) in [5.41, 5.74) is 1.14. The summed E-state index contributed by atoms with van der Waals surface area (Å²) in [5, 5.41) is 3.19. The van der Waals surface area contributed by atoms with Gasteiger partial charge in [-0.3, -0.25) is 4.79 Å². The highest BCUT2D eigenvalue weighted by Gasteiger charge is 2.08. The van der Waals surface area contributed by atoms with Gasteiger partial charge in [0.2, 0.25) is 5.91 Å². The van der Waals surface area contributed by atoms with Gasteiger partial charge in [-0.15, -0.1) is 0 Å². The van der Waals surface area contributed by atoms with Gasteiger partial charge in [-0.1, -0.05) is 12.1 Å². The van der Waals surface area contributed by atoms with Crippen molar-refractivity contribution in [2.45, 2.75) is 13.0 Å². The van der Waals surface area contributed by atoms with Gasteiger partial charge in [0.1, 0.15) is 5.75 Å². The molecule has 0 fully saturated rings. The average molecular weight is 236 g/mol. The van der Waals surface area contributed by atoms with Gasteiger partial charge in [-0.25, -0.2) is 0 Å². The molecule has 0 heterocycles. The summed E-state index contributed by atoms with van der Waals surface area (Å²) >= 11 is 0. The van der Waals surface area contributed by atoms with E-state index in [4.69, 9.17) is 4.74 Å². The number of nitrogens with zero attached hydrogens (tertiary/aromatic N) is 1. The van der Waals surface area contributed by atoms with Crippen LogP contribution >= 0.6 is 0 Å². The molecule has 0 bridgehead atoms. The molecule has 0 saturated carbocycles. The molecule has 0 aliphatic heterocycles. The van der Waals surface area contributed by atoms with Crippen molar-refractivity contribution < 1.29 is 9.53 Å². The van der Waals surface area contributed by atoms with Gasteiger partial charge in [0.05, 0.1) is 13.7 Å². The summed E-state index contributed by atoms with van der Waals surface area (Å²) in [6.07, 6.45) is 0. The number of rotatable bonds is 5. The van der Waals surface area contributed by atoms with Gasteiger partial charge in [0, 0.05) is 20.1 Å². The molecule has 0 aliphatic rings. The highest BCUT2D eigenvalue weighted by molar-refractivity contribution is 5.77. The van der Waals surface area contributed by atoms with E-state index in [1.807, 2.05) is 31.2 Å². The summed E-state index contributed by atoms with van der Waals surface area (Å²) in [6, 6.07) is 7.97. The summed E-state index contributed by atoms with van der Waals surface area (Å²) in [4.78, 5) is 13.0.